The van der Waals surface area contributed by atoms with Crippen molar-refractivity contribution in [2.45, 2.75) is 26.1 Å². The van der Waals surface area contributed by atoms with E-state index in [4.69, 9.17) is 5.73 Å². The van der Waals surface area contributed by atoms with Crippen molar-refractivity contribution >= 4 is 11.6 Å². The molecule has 1 atom stereocenters. The van der Waals surface area contributed by atoms with E-state index in [1.807, 2.05) is 13.8 Å². The van der Waals surface area contributed by atoms with Crippen molar-refractivity contribution < 1.29 is 18.0 Å². The number of carbonyl (C=O) groups excluding carboxylic acids is 1. The highest BCUT2D eigenvalue weighted by atomic mass is 19.4. The highest BCUT2D eigenvalue weighted by Crippen LogP contribution is 2.29. The van der Waals surface area contributed by atoms with Crippen molar-refractivity contribution in [3.8, 4) is 5.69 Å². The zero-order chi connectivity index (χ0) is 17.2. The zero-order valence-corrected chi connectivity index (χ0v) is 12.6. The molecule has 0 spiro atoms. The second-order valence-corrected chi connectivity index (χ2v) is 5.48. The number of benzene rings is 1. The van der Waals surface area contributed by atoms with Crippen molar-refractivity contribution in [3.05, 3.63) is 42.2 Å². The second-order valence-electron chi connectivity index (χ2n) is 5.48. The molecular formula is C15H17F3N4O. The lowest BCUT2D eigenvalue weighted by molar-refractivity contribution is -0.137. The average Bonchev–Trinajstić information content (AvgIpc) is 2.94. The maximum atomic E-state index is 12.5. The molecule has 0 aliphatic carbocycles. The van der Waals surface area contributed by atoms with Crippen molar-refractivity contribution in [2.75, 3.05) is 5.32 Å². The summed E-state index contributed by atoms with van der Waals surface area (Å²) in [5.74, 6) is -0.355. The van der Waals surface area contributed by atoms with Crippen LogP contribution in [0.3, 0.4) is 0 Å². The van der Waals surface area contributed by atoms with Gasteiger partial charge in [0.15, 0.2) is 0 Å². The number of halogens is 3. The zero-order valence-electron chi connectivity index (χ0n) is 12.6. The molecule has 0 bridgehead atoms. The first kappa shape index (κ1) is 17.0. The van der Waals surface area contributed by atoms with Crippen LogP contribution in [0.5, 0.6) is 0 Å². The monoisotopic (exact) mass is 326 g/mol. The molecule has 2 aromatic rings. The first-order chi connectivity index (χ1) is 10.7. The predicted molar refractivity (Wildman–Crippen MR) is 80.0 cm³/mol. The van der Waals surface area contributed by atoms with Gasteiger partial charge in [-0.15, -0.1) is 0 Å². The summed E-state index contributed by atoms with van der Waals surface area (Å²) >= 11 is 0. The Labute approximate surface area is 131 Å². The smallest absolute Gasteiger partial charge is 0.322 e. The van der Waals surface area contributed by atoms with Crippen molar-refractivity contribution in [1.29, 1.82) is 0 Å². The van der Waals surface area contributed by atoms with Gasteiger partial charge in [-0.25, -0.2) is 4.68 Å². The summed E-state index contributed by atoms with van der Waals surface area (Å²) in [7, 11) is 0. The number of nitrogens with zero attached hydrogens (tertiary/aromatic N) is 2. The topological polar surface area (TPSA) is 72.9 Å². The molecule has 124 valence electrons. The minimum Gasteiger partial charge on any atom is -0.322 e. The molecule has 1 aromatic heterocycles. The molecular weight excluding hydrogens is 309 g/mol. The molecule has 0 saturated carbocycles. The number of anilines is 1. The molecule has 1 heterocycles. The molecule has 8 heteroatoms. The van der Waals surface area contributed by atoms with Gasteiger partial charge in [0, 0.05) is 0 Å². The summed E-state index contributed by atoms with van der Waals surface area (Å²) in [5, 5.41) is 6.64. The molecule has 3 N–H and O–H groups in total. The SMILES string of the molecule is CC(C)[C@H](N)C(=O)Nc1cnn(-c2ccc(C(F)(F)F)cc2)c1. The Hall–Kier alpha value is -2.35. The Bertz CT molecular complexity index is 677. The summed E-state index contributed by atoms with van der Waals surface area (Å²) in [6.07, 6.45) is -1.47. The lowest BCUT2D eigenvalue weighted by Gasteiger charge is -2.14. The molecule has 0 unspecified atom stereocenters. The quantitative estimate of drug-likeness (QED) is 0.907. The maximum absolute atomic E-state index is 12.5. The molecule has 0 fully saturated rings. The number of rotatable bonds is 4. The number of alkyl halides is 3. The van der Waals surface area contributed by atoms with Crippen LogP contribution < -0.4 is 11.1 Å². The van der Waals surface area contributed by atoms with Gasteiger partial charge in [0.25, 0.3) is 0 Å². The third-order valence-electron chi connectivity index (χ3n) is 3.33. The Morgan fingerprint density at radius 1 is 1.26 bits per heavy atom. The maximum Gasteiger partial charge on any atom is 0.416 e. The largest absolute Gasteiger partial charge is 0.416 e. The third-order valence-corrected chi connectivity index (χ3v) is 3.33. The Morgan fingerprint density at radius 2 is 1.87 bits per heavy atom. The number of hydrogen-bond donors (Lipinski definition) is 2. The van der Waals surface area contributed by atoms with Crippen LogP contribution in [0.2, 0.25) is 0 Å². The van der Waals surface area contributed by atoms with E-state index in [2.05, 4.69) is 10.4 Å². The Balaban J connectivity index is 2.12. The number of nitrogens with one attached hydrogen (secondary N) is 1. The molecule has 0 aliphatic rings. The highest BCUT2D eigenvalue weighted by molar-refractivity contribution is 5.94. The van der Waals surface area contributed by atoms with Crippen LogP contribution in [0.4, 0.5) is 18.9 Å². The van der Waals surface area contributed by atoms with Gasteiger partial charge in [-0.05, 0) is 30.2 Å². The number of carbonyl (C=O) groups is 1. The van der Waals surface area contributed by atoms with Gasteiger partial charge >= 0.3 is 6.18 Å². The summed E-state index contributed by atoms with van der Waals surface area (Å²) in [6, 6.07) is 3.92. The van der Waals surface area contributed by atoms with Gasteiger partial charge in [-0.3, -0.25) is 4.79 Å². The fraction of sp³-hybridized carbons (Fsp3) is 0.333. The van der Waals surface area contributed by atoms with E-state index in [0.29, 0.717) is 11.4 Å². The van der Waals surface area contributed by atoms with Crippen LogP contribution in [0.1, 0.15) is 19.4 Å². The number of aromatic nitrogens is 2. The Morgan fingerprint density at radius 3 is 2.39 bits per heavy atom. The normalized spacial score (nSPS) is 13.2. The van der Waals surface area contributed by atoms with Crippen LogP contribution in [-0.2, 0) is 11.0 Å². The summed E-state index contributed by atoms with van der Waals surface area (Å²) < 4.78 is 39.0. The molecule has 5 nitrogen and oxygen atoms in total. The highest BCUT2D eigenvalue weighted by Gasteiger charge is 2.30. The minimum absolute atomic E-state index is 0.0139. The number of amides is 1. The standard InChI is InChI=1S/C15H17F3N4O/c1-9(2)13(19)14(23)21-11-7-20-22(8-11)12-5-3-10(4-6-12)15(16,17)18/h3-9,13H,19H2,1-2H3,(H,21,23)/t13-/m0/s1. The molecule has 0 radical (unpaired) electrons. The van der Waals surface area contributed by atoms with E-state index in [0.717, 1.165) is 12.1 Å². The van der Waals surface area contributed by atoms with Gasteiger partial charge in [0.1, 0.15) is 0 Å². The fourth-order valence-corrected chi connectivity index (χ4v) is 1.86. The van der Waals surface area contributed by atoms with Crippen LogP contribution in [0, 0.1) is 5.92 Å². The summed E-state index contributed by atoms with van der Waals surface area (Å²) in [6.45, 7) is 3.66. The van der Waals surface area contributed by atoms with Gasteiger partial charge in [0.2, 0.25) is 5.91 Å². The summed E-state index contributed by atoms with van der Waals surface area (Å²) in [4.78, 5) is 11.9. The van der Waals surface area contributed by atoms with Gasteiger partial charge in [-0.2, -0.15) is 18.3 Å². The minimum atomic E-state index is -4.38. The number of nitrogens with two attached hydrogens (primary N) is 1. The van der Waals surface area contributed by atoms with E-state index in [-0.39, 0.29) is 11.8 Å². The second kappa shape index (κ2) is 6.41. The van der Waals surface area contributed by atoms with E-state index in [9.17, 15) is 18.0 Å². The van der Waals surface area contributed by atoms with Crippen molar-refractivity contribution in [3.63, 3.8) is 0 Å². The van der Waals surface area contributed by atoms with Crippen molar-refractivity contribution in [1.82, 2.24) is 9.78 Å². The van der Waals surface area contributed by atoms with Crippen molar-refractivity contribution in [2.24, 2.45) is 11.7 Å². The molecule has 0 aliphatic heterocycles. The van der Waals surface area contributed by atoms with Gasteiger partial charge in [0.05, 0.1) is 35.4 Å². The predicted octanol–water partition coefficient (Wildman–Crippen LogP) is 2.81. The van der Waals surface area contributed by atoms with E-state index in [1.54, 1.807) is 0 Å². The average molecular weight is 326 g/mol. The van der Waals surface area contributed by atoms with Gasteiger partial charge in [-0.1, -0.05) is 13.8 Å². The van der Waals surface area contributed by atoms with Gasteiger partial charge < -0.3 is 11.1 Å². The molecule has 1 aromatic carbocycles. The van der Waals surface area contributed by atoms with E-state index < -0.39 is 17.8 Å². The Kier molecular flexibility index (Phi) is 4.74. The summed E-state index contributed by atoms with van der Waals surface area (Å²) in [5.41, 5.74) is 5.88. The van der Waals surface area contributed by atoms with Crippen LogP contribution in [-0.4, -0.2) is 21.7 Å². The fourth-order valence-electron chi connectivity index (χ4n) is 1.86. The molecule has 2 rings (SSSR count). The molecule has 23 heavy (non-hydrogen) atoms. The lowest BCUT2D eigenvalue weighted by Crippen LogP contribution is -2.39. The van der Waals surface area contributed by atoms with E-state index >= 15 is 0 Å². The van der Waals surface area contributed by atoms with E-state index in [1.165, 1.54) is 29.2 Å². The lowest BCUT2D eigenvalue weighted by atomic mass is 10.1. The first-order valence-corrected chi connectivity index (χ1v) is 6.97. The molecule has 1 amide bonds. The van der Waals surface area contributed by atoms with Crippen LogP contribution in [0.25, 0.3) is 5.69 Å². The molecule has 0 saturated heterocycles. The first-order valence-electron chi connectivity index (χ1n) is 6.97. The van der Waals surface area contributed by atoms with Crippen LogP contribution in [0.15, 0.2) is 36.7 Å². The third kappa shape index (κ3) is 4.10. The van der Waals surface area contributed by atoms with Crippen LogP contribution >= 0.6 is 0 Å². The number of hydrogen-bond acceptors (Lipinski definition) is 3.